The summed E-state index contributed by atoms with van der Waals surface area (Å²) in [4.78, 5) is 23.1. The zero-order chi connectivity index (χ0) is 16.1. The molecule has 0 aliphatic carbocycles. The topological polar surface area (TPSA) is 82.9 Å². The molecule has 0 radical (unpaired) electrons. The molecule has 1 heterocycles. The van der Waals surface area contributed by atoms with Gasteiger partial charge >= 0.3 is 0 Å². The first-order valence-electron chi connectivity index (χ1n) is 6.58. The van der Waals surface area contributed by atoms with Crippen LogP contribution in [0.3, 0.4) is 0 Å². The minimum absolute atomic E-state index is 0.177. The van der Waals surface area contributed by atoms with Crippen molar-refractivity contribution >= 4 is 46.9 Å². The van der Waals surface area contributed by atoms with E-state index in [9.17, 15) is 9.59 Å². The molecular formula is C14H14Cl2N4O2. The number of benzene rings is 1. The number of carbonyl (C=O) groups is 2. The van der Waals surface area contributed by atoms with Crippen molar-refractivity contribution in [1.29, 1.82) is 0 Å². The highest BCUT2D eigenvalue weighted by Crippen LogP contribution is 2.19. The number of hydrazone groups is 2. The molecule has 0 saturated carbocycles. The third-order valence-corrected chi connectivity index (χ3v) is 3.74. The number of nitrogens with one attached hydrogen (secondary N) is 2. The third kappa shape index (κ3) is 4.29. The summed E-state index contributed by atoms with van der Waals surface area (Å²) in [5, 5.41) is 8.63. The predicted molar refractivity (Wildman–Crippen MR) is 86.2 cm³/mol. The molecule has 1 aliphatic rings. The number of hydrogen-bond acceptors (Lipinski definition) is 4. The summed E-state index contributed by atoms with van der Waals surface area (Å²) in [6, 6.07) is 4.97. The van der Waals surface area contributed by atoms with Gasteiger partial charge in [-0.3, -0.25) is 9.59 Å². The molecule has 1 aromatic rings. The molecule has 2 N–H and O–H groups in total. The SMILES string of the molecule is CC1=NNC(=O)[C@@H]1CCC(=O)N/N=C\c1ccc(Cl)cc1Cl. The van der Waals surface area contributed by atoms with Crippen LogP contribution in [0.15, 0.2) is 28.4 Å². The van der Waals surface area contributed by atoms with E-state index in [-0.39, 0.29) is 24.2 Å². The average Bonchev–Trinajstić information content (AvgIpc) is 2.78. The van der Waals surface area contributed by atoms with Crippen LogP contribution in [-0.2, 0) is 9.59 Å². The summed E-state index contributed by atoms with van der Waals surface area (Å²) < 4.78 is 0. The van der Waals surface area contributed by atoms with Crippen molar-refractivity contribution in [1.82, 2.24) is 10.9 Å². The number of halogens is 2. The van der Waals surface area contributed by atoms with Gasteiger partial charge in [-0.05, 0) is 25.5 Å². The van der Waals surface area contributed by atoms with Gasteiger partial charge in [-0.15, -0.1) is 0 Å². The second-order valence-electron chi connectivity index (χ2n) is 4.78. The number of hydrogen-bond donors (Lipinski definition) is 2. The Bertz CT molecular complexity index is 658. The summed E-state index contributed by atoms with van der Waals surface area (Å²) in [7, 11) is 0. The van der Waals surface area contributed by atoms with E-state index in [0.717, 1.165) is 0 Å². The molecule has 2 amide bonds. The van der Waals surface area contributed by atoms with E-state index in [2.05, 4.69) is 21.1 Å². The molecule has 6 nitrogen and oxygen atoms in total. The van der Waals surface area contributed by atoms with Crippen molar-refractivity contribution in [3.05, 3.63) is 33.8 Å². The summed E-state index contributed by atoms with van der Waals surface area (Å²) in [6.45, 7) is 1.75. The molecule has 1 aromatic carbocycles. The van der Waals surface area contributed by atoms with Gasteiger partial charge < -0.3 is 0 Å². The van der Waals surface area contributed by atoms with Gasteiger partial charge in [0.05, 0.1) is 17.2 Å². The highest BCUT2D eigenvalue weighted by molar-refractivity contribution is 6.36. The molecule has 1 aliphatic heterocycles. The maximum Gasteiger partial charge on any atom is 0.248 e. The highest BCUT2D eigenvalue weighted by Gasteiger charge is 2.26. The van der Waals surface area contributed by atoms with Crippen molar-refractivity contribution < 1.29 is 9.59 Å². The Labute approximate surface area is 137 Å². The van der Waals surface area contributed by atoms with Gasteiger partial charge in [0.15, 0.2) is 0 Å². The fourth-order valence-electron chi connectivity index (χ4n) is 1.94. The quantitative estimate of drug-likeness (QED) is 0.637. The Balaban J connectivity index is 1.81. The van der Waals surface area contributed by atoms with E-state index in [1.165, 1.54) is 6.21 Å². The van der Waals surface area contributed by atoms with Crippen molar-refractivity contribution in [2.24, 2.45) is 16.1 Å². The van der Waals surface area contributed by atoms with Crippen LogP contribution >= 0.6 is 23.2 Å². The van der Waals surface area contributed by atoms with Gasteiger partial charge in [-0.25, -0.2) is 10.9 Å². The van der Waals surface area contributed by atoms with E-state index in [1.807, 2.05) is 0 Å². The molecule has 0 aromatic heterocycles. The molecule has 0 spiro atoms. The Morgan fingerprint density at radius 1 is 1.50 bits per heavy atom. The fourth-order valence-corrected chi connectivity index (χ4v) is 2.40. The van der Waals surface area contributed by atoms with Gasteiger partial charge in [0.25, 0.3) is 0 Å². The Morgan fingerprint density at radius 2 is 2.27 bits per heavy atom. The van der Waals surface area contributed by atoms with Crippen molar-refractivity contribution in [2.45, 2.75) is 19.8 Å². The number of nitrogens with zero attached hydrogens (tertiary/aromatic N) is 2. The van der Waals surface area contributed by atoms with Crippen molar-refractivity contribution in [3.63, 3.8) is 0 Å². The van der Waals surface area contributed by atoms with E-state index in [0.29, 0.717) is 27.7 Å². The molecular weight excluding hydrogens is 327 g/mol. The zero-order valence-corrected chi connectivity index (χ0v) is 13.3. The molecule has 22 heavy (non-hydrogen) atoms. The lowest BCUT2D eigenvalue weighted by atomic mass is 9.99. The van der Waals surface area contributed by atoms with E-state index >= 15 is 0 Å². The molecule has 116 valence electrons. The number of amides is 2. The number of rotatable bonds is 5. The van der Waals surface area contributed by atoms with E-state index in [1.54, 1.807) is 25.1 Å². The first-order valence-corrected chi connectivity index (χ1v) is 7.34. The molecule has 1 atom stereocenters. The lowest BCUT2D eigenvalue weighted by Gasteiger charge is -2.06. The first-order chi connectivity index (χ1) is 10.5. The van der Waals surface area contributed by atoms with Crippen LogP contribution in [0.1, 0.15) is 25.3 Å². The van der Waals surface area contributed by atoms with Gasteiger partial charge in [-0.2, -0.15) is 10.2 Å². The molecule has 0 unspecified atom stereocenters. The van der Waals surface area contributed by atoms with E-state index in [4.69, 9.17) is 23.2 Å². The average molecular weight is 341 g/mol. The number of carbonyl (C=O) groups excluding carboxylic acids is 2. The van der Waals surface area contributed by atoms with Gasteiger partial charge in [0, 0.05) is 22.7 Å². The van der Waals surface area contributed by atoms with Crippen LogP contribution in [-0.4, -0.2) is 23.7 Å². The first kappa shape index (κ1) is 16.5. The van der Waals surface area contributed by atoms with Crippen LogP contribution < -0.4 is 10.9 Å². The molecule has 0 fully saturated rings. The van der Waals surface area contributed by atoms with Crippen LogP contribution in [0.25, 0.3) is 0 Å². The maximum absolute atomic E-state index is 11.7. The second kappa shape index (κ2) is 7.38. The lowest BCUT2D eigenvalue weighted by molar-refractivity contribution is -0.123. The minimum atomic E-state index is -0.347. The monoisotopic (exact) mass is 340 g/mol. The van der Waals surface area contributed by atoms with Crippen LogP contribution in [0.5, 0.6) is 0 Å². The van der Waals surface area contributed by atoms with Crippen LogP contribution in [0.4, 0.5) is 0 Å². The fraction of sp³-hybridized carbons (Fsp3) is 0.286. The molecule has 2 rings (SSSR count). The van der Waals surface area contributed by atoms with Crippen molar-refractivity contribution in [2.75, 3.05) is 0 Å². The third-order valence-electron chi connectivity index (χ3n) is 3.18. The highest BCUT2D eigenvalue weighted by atomic mass is 35.5. The Morgan fingerprint density at radius 3 is 2.91 bits per heavy atom. The second-order valence-corrected chi connectivity index (χ2v) is 5.62. The summed E-state index contributed by atoms with van der Waals surface area (Å²) in [5.74, 6) is -0.809. The lowest BCUT2D eigenvalue weighted by Crippen LogP contribution is -2.25. The van der Waals surface area contributed by atoms with Gasteiger partial charge in [0.1, 0.15) is 0 Å². The minimum Gasteiger partial charge on any atom is -0.273 e. The molecule has 0 saturated heterocycles. The van der Waals surface area contributed by atoms with Crippen LogP contribution in [0, 0.1) is 5.92 Å². The predicted octanol–water partition coefficient (Wildman–Crippen LogP) is 2.35. The van der Waals surface area contributed by atoms with Gasteiger partial charge in [-0.1, -0.05) is 29.3 Å². The largest absolute Gasteiger partial charge is 0.273 e. The van der Waals surface area contributed by atoms with Crippen molar-refractivity contribution in [3.8, 4) is 0 Å². The Kier molecular flexibility index (Phi) is 5.51. The smallest absolute Gasteiger partial charge is 0.248 e. The summed E-state index contributed by atoms with van der Waals surface area (Å²) in [6.07, 6.45) is 2.01. The molecule has 0 bridgehead atoms. The zero-order valence-electron chi connectivity index (χ0n) is 11.8. The summed E-state index contributed by atoms with van der Waals surface area (Å²) in [5.41, 5.74) is 6.11. The Hall–Kier alpha value is -1.92. The molecule has 8 heteroatoms. The standard InChI is InChI=1S/C14H14Cl2N4O2/c1-8-11(14(22)20-18-8)4-5-13(21)19-17-7-9-2-3-10(15)6-12(9)16/h2-3,6-7,11H,4-5H2,1H3,(H,19,21)(H,20,22)/b17-7-/t11-/m1/s1. The van der Waals surface area contributed by atoms with E-state index < -0.39 is 0 Å². The normalized spacial score (nSPS) is 17.5. The van der Waals surface area contributed by atoms with Gasteiger partial charge in [0.2, 0.25) is 11.8 Å². The maximum atomic E-state index is 11.7. The van der Waals surface area contributed by atoms with Crippen LogP contribution in [0.2, 0.25) is 10.0 Å². The summed E-state index contributed by atoms with van der Waals surface area (Å²) >= 11 is 11.8.